The summed E-state index contributed by atoms with van der Waals surface area (Å²) in [5, 5.41) is 8.08. The van der Waals surface area contributed by atoms with Gasteiger partial charge in [0.15, 0.2) is 0 Å². The van der Waals surface area contributed by atoms with E-state index in [9.17, 15) is 0 Å². The Morgan fingerprint density at radius 1 is 1.33 bits per heavy atom. The van der Waals surface area contributed by atoms with Crippen molar-refractivity contribution in [1.29, 1.82) is 0 Å². The molecule has 0 aliphatic heterocycles. The molecule has 0 spiro atoms. The lowest BCUT2D eigenvalue weighted by Gasteiger charge is -2.28. The highest BCUT2D eigenvalue weighted by molar-refractivity contribution is 9.10. The summed E-state index contributed by atoms with van der Waals surface area (Å²) in [6, 6.07) is 0.501. The number of hydrogen-bond acceptors (Lipinski definition) is 2. The first kappa shape index (κ1) is 15.7. The molecule has 2 unspecified atom stereocenters. The van der Waals surface area contributed by atoms with Crippen LogP contribution in [-0.2, 0) is 13.5 Å². The van der Waals surface area contributed by atoms with Crippen molar-refractivity contribution in [3.8, 4) is 0 Å². The molecule has 0 fully saturated rings. The molecule has 1 aromatic rings. The molecule has 0 bridgehead atoms. The third kappa shape index (κ3) is 3.58. The molecule has 0 aromatic carbocycles. The molecule has 1 heterocycles. The van der Waals surface area contributed by atoms with Crippen molar-refractivity contribution >= 4 is 15.9 Å². The first-order valence-electron chi connectivity index (χ1n) is 6.79. The predicted octanol–water partition coefficient (Wildman–Crippen LogP) is 3.30. The lowest BCUT2D eigenvalue weighted by molar-refractivity contribution is 0.296. The summed E-state index contributed by atoms with van der Waals surface area (Å²) in [4.78, 5) is 0. The van der Waals surface area contributed by atoms with E-state index in [1.807, 2.05) is 18.7 Å². The number of nitrogens with one attached hydrogen (secondary N) is 1. The lowest BCUT2D eigenvalue weighted by Crippen LogP contribution is -2.39. The van der Waals surface area contributed by atoms with Crippen LogP contribution in [0.25, 0.3) is 0 Å². The molecule has 0 aliphatic carbocycles. The van der Waals surface area contributed by atoms with Crippen LogP contribution in [0.2, 0.25) is 0 Å². The molecule has 0 radical (unpaired) electrons. The third-order valence-corrected chi connectivity index (χ3v) is 4.86. The molecule has 0 saturated heterocycles. The van der Waals surface area contributed by atoms with Crippen LogP contribution in [0.1, 0.15) is 39.1 Å². The highest BCUT2D eigenvalue weighted by atomic mass is 79.9. The highest BCUT2D eigenvalue weighted by Crippen LogP contribution is 2.25. The van der Waals surface area contributed by atoms with Crippen LogP contribution in [-0.4, -0.2) is 22.4 Å². The maximum atomic E-state index is 4.47. The summed E-state index contributed by atoms with van der Waals surface area (Å²) in [6.45, 7) is 12.1. The second-order valence-corrected chi connectivity index (χ2v) is 6.23. The van der Waals surface area contributed by atoms with Gasteiger partial charge in [-0.1, -0.05) is 27.7 Å². The van der Waals surface area contributed by atoms with Gasteiger partial charge in [-0.2, -0.15) is 5.10 Å². The van der Waals surface area contributed by atoms with Gasteiger partial charge < -0.3 is 5.32 Å². The van der Waals surface area contributed by atoms with E-state index >= 15 is 0 Å². The van der Waals surface area contributed by atoms with Crippen molar-refractivity contribution in [2.24, 2.45) is 18.9 Å². The summed E-state index contributed by atoms with van der Waals surface area (Å²) in [7, 11) is 2.02. The average molecular weight is 316 g/mol. The molecule has 18 heavy (non-hydrogen) atoms. The van der Waals surface area contributed by atoms with Gasteiger partial charge in [0.1, 0.15) is 0 Å². The van der Waals surface area contributed by atoms with Crippen LogP contribution in [0.4, 0.5) is 0 Å². The van der Waals surface area contributed by atoms with Gasteiger partial charge in [0, 0.05) is 19.5 Å². The molecular weight excluding hydrogens is 290 g/mol. The first-order chi connectivity index (χ1) is 8.38. The number of likely N-dealkylation sites (N-methyl/N-ethyl adjacent to an activating group) is 1. The summed E-state index contributed by atoms with van der Waals surface area (Å²) < 4.78 is 3.15. The van der Waals surface area contributed by atoms with Gasteiger partial charge in [0.05, 0.1) is 15.9 Å². The Morgan fingerprint density at radius 3 is 2.33 bits per heavy atom. The molecule has 4 heteroatoms. The van der Waals surface area contributed by atoms with Crippen LogP contribution in [0.3, 0.4) is 0 Å². The maximum absolute atomic E-state index is 4.47. The van der Waals surface area contributed by atoms with Crippen molar-refractivity contribution < 1.29 is 0 Å². The number of halogens is 1. The molecule has 0 aliphatic rings. The van der Waals surface area contributed by atoms with Gasteiger partial charge in [0.2, 0.25) is 0 Å². The van der Waals surface area contributed by atoms with E-state index in [0.29, 0.717) is 17.9 Å². The van der Waals surface area contributed by atoms with E-state index in [1.165, 1.54) is 5.69 Å². The molecule has 0 saturated carbocycles. The van der Waals surface area contributed by atoms with Crippen LogP contribution in [0.5, 0.6) is 0 Å². The Balaban J connectivity index is 2.89. The van der Waals surface area contributed by atoms with E-state index in [0.717, 1.165) is 23.1 Å². The van der Waals surface area contributed by atoms with E-state index in [4.69, 9.17) is 0 Å². The first-order valence-corrected chi connectivity index (χ1v) is 7.59. The Morgan fingerprint density at radius 2 is 1.94 bits per heavy atom. The minimum absolute atomic E-state index is 0.501. The van der Waals surface area contributed by atoms with Crippen LogP contribution >= 0.6 is 15.9 Å². The smallest absolute Gasteiger partial charge is 0.0738 e. The molecule has 0 amide bonds. The predicted molar refractivity (Wildman–Crippen MR) is 80.8 cm³/mol. The summed E-state index contributed by atoms with van der Waals surface area (Å²) in [6.07, 6.45) is 1.02. The minimum atomic E-state index is 0.501. The van der Waals surface area contributed by atoms with Crippen molar-refractivity contribution in [3.63, 3.8) is 0 Å². The second-order valence-electron chi connectivity index (χ2n) is 5.44. The SMILES string of the molecule is CCNC(Cc1c(Br)c(C)nn1C)C(C)C(C)C. The van der Waals surface area contributed by atoms with Gasteiger partial charge in [-0.15, -0.1) is 0 Å². The summed E-state index contributed by atoms with van der Waals surface area (Å²) >= 11 is 3.66. The molecule has 3 nitrogen and oxygen atoms in total. The van der Waals surface area contributed by atoms with E-state index in [2.05, 4.69) is 54.0 Å². The minimum Gasteiger partial charge on any atom is -0.314 e. The summed E-state index contributed by atoms with van der Waals surface area (Å²) in [5.74, 6) is 1.33. The van der Waals surface area contributed by atoms with Crippen molar-refractivity contribution in [1.82, 2.24) is 15.1 Å². The van der Waals surface area contributed by atoms with Gasteiger partial charge in [-0.3, -0.25) is 4.68 Å². The number of aryl methyl sites for hydroxylation is 2. The van der Waals surface area contributed by atoms with Crippen molar-refractivity contribution in [2.45, 2.75) is 47.1 Å². The molecule has 1 rings (SSSR count). The van der Waals surface area contributed by atoms with Crippen LogP contribution < -0.4 is 5.32 Å². The van der Waals surface area contributed by atoms with Crippen molar-refractivity contribution in [2.75, 3.05) is 6.54 Å². The van der Waals surface area contributed by atoms with E-state index in [-0.39, 0.29) is 0 Å². The third-order valence-electron chi connectivity index (χ3n) is 3.83. The second kappa shape index (κ2) is 6.71. The van der Waals surface area contributed by atoms with Gasteiger partial charge in [-0.05, 0) is 41.2 Å². The number of aromatic nitrogens is 2. The van der Waals surface area contributed by atoms with E-state index < -0.39 is 0 Å². The average Bonchev–Trinajstić information content (AvgIpc) is 2.54. The monoisotopic (exact) mass is 315 g/mol. The van der Waals surface area contributed by atoms with E-state index in [1.54, 1.807) is 0 Å². The normalized spacial score (nSPS) is 15.1. The molecule has 104 valence electrons. The standard InChI is InChI=1S/C14H26BrN3/c1-7-16-12(10(4)9(2)3)8-13-14(15)11(5)17-18(13)6/h9-10,12,16H,7-8H2,1-6H3. The zero-order valence-electron chi connectivity index (χ0n) is 12.4. The Hall–Kier alpha value is -0.350. The zero-order chi connectivity index (χ0) is 13.9. The van der Waals surface area contributed by atoms with Gasteiger partial charge >= 0.3 is 0 Å². The Bertz CT molecular complexity index is 385. The summed E-state index contributed by atoms with van der Waals surface area (Å²) in [5.41, 5.74) is 2.35. The Kier molecular flexibility index (Phi) is 5.86. The fraction of sp³-hybridized carbons (Fsp3) is 0.786. The Labute approximate surface area is 119 Å². The number of hydrogen-bond donors (Lipinski definition) is 1. The number of nitrogens with zero attached hydrogens (tertiary/aromatic N) is 2. The van der Waals surface area contributed by atoms with Gasteiger partial charge in [0.25, 0.3) is 0 Å². The maximum Gasteiger partial charge on any atom is 0.0738 e. The van der Waals surface area contributed by atoms with Crippen LogP contribution in [0, 0.1) is 18.8 Å². The molecule has 1 N–H and O–H groups in total. The number of rotatable bonds is 6. The molecular formula is C14H26BrN3. The lowest BCUT2D eigenvalue weighted by atomic mass is 9.87. The van der Waals surface area contributed by atoms with Crippen molar-refractivity contribution in [3.05, 3.63) is 15.9 Å². The largest absolute Gasteiger partial charge is 0.314 e. The fourth-order valence-electron chi connectivity index (χ4n) is 2.28. The highest BCUT2D eigenvalue weighted by Gasteiger charge is 2.23. The van der Waals surface area contributed by atoms with Crippen LogP contribution in [0.15, 0.2) is 4.47 Å². The van der Waals surface area contributed by atoms with Gasteiger partial charge in [-0.25, -0.2) is 0 Å². The molecule has 2 atom stereocenters. The topological polar surface area (TPSA) is 29.9 Å². The zero-order valence-corrected chi connectivity index (χ0v) is 14.0. The quantitative estimate of drug-likeness (QED) is 0.873. The fourth-order valence-corrected chi connectivity index (χ4v) is 2.78. The molecule has 1 aromatic heterocycles.